The molecule has 0 saturated heterocycles. The van der Waals surface area contributed by atoms with Crippen LogP contribution in [0.5, 0.6) is 0 Å². The van der Waals surface area contributed by atoms with E-state index in [-0.39, 0.29) is 0 Å². The van der Waals surface area contributed by atoms with Crippen molar-refractivity contribution in [3.63, 3.8) is 0 Å². The number of benzene rings is 2. The van der Waals surface area contributed by atoms with Crippen molar-refractivity contribution in [2.75, 3.05) is 6.54 Å². The van der Waals surface area contributed by atoms with Gasteiger partial charge in [-0.2, -0.15) is 13.2 Å². The van der Waals surface area contributed by atoms with Crippen molar-refractivity contribution in [2.45, 2.75) is 31.4 Å². The number of amides is 1. The molecule has 128 valence electrons. The van der Waals surface area contributed by atoms with Gasteiger partial charge in [0.25, 0.3) is 0 Å². The molecule has 0 aliphatic heterocycles. The van der Waals surface area contributed by atoms with Crippen molar-refractivity contribution in [1.82, 2.24) is 5.32 Å². The van der Waals surface area contributed by atoms with Crippen LogP contribution in [0, 0.1) is 0 Å². The Morgan fingerprint density at radius 3 is 1.75 bits per heavy atom. The van der Waals surface area contributed by atoms with Crippen molar-refractivity contribution in [2.24, 2.45) is 0 Å². The van der Waals surface area contributed by atoms with E-state index in [9.17, 15) is 18.0 Å². The molecule has 2 aromatic rings. The van der Waals surface area contributed by atoms with Crippen LogP contribution < -0.4 is 5.32 Å². The first kappa shape index (κ1) is 18.0. The zero-order valence-corrected chi connectivity index (χ0v) is 13.4. The molecule has 0 aliphatic carbocycles. The zero-order valence-electron chi connectivity index (χ0n) is 13.4. The van der Waals surface area contributed by atoms with Crippen molar-refractivity contribution in [3.8, 4) is 0 Å². The minimum absolute atomic E-state index is 0.421. The lowest BCUT2D eigenvalue weighted by atomic mass is 9.70. The molecule has 0 aromatic heterocycles. The molecular weight excluding hydrogens is 315 g/mol. The van der Waals surface area contributed by atoms with E-state index in [1.54, 1.807) is 48.5 Å². The van der Waals surface area contributed by atoms with Crippen molar-refractivity contribution < 1.29 is 18.0 Å². The van der Waals surface area contributed by atoms with Gasteiger partial charge in [0.2, 0.25) is 5.91 Å². The van der Waals surface area contributed by atoms with Gasteiger partial charge in [-0.1, -0.05) is 74.0 Å². The van der Waals surface area contributed by atoms with E-state index in [2.05, 4.69) is 5.32 Å². The second-order valence-electron chi connectivity index (χ2n) is 5.69. The Labute approximate surface area is 139 Å². The van der Waals surface area contributed by atoms with Crippen molar-refractivity contribution >= 4 is 5.91 Å². The third-order valence-electron chi connectivity index (χ3n) is 4.00. The van der Waals surface area contributed by atoms with Crippen molar-refractivity contribution in [3.05, 3.63) is 71.8 Å². The van der Waals surface area contributed by atoms with Gasteiger partial charge in [-0.15, -0.1) is 0 Å². The Morgan fingerprint density at radius 2 is 1.38 bits per heavy atom. The summed E-state index contributed by atoms with van der Waals surface area (Å²) in [6.07, 6.45) is -3.37. The van der Waals surface area contributed by atoms with Crippen LogP contribution in [-0.4, -0.2) is 18.6 Å². The number of carbonyl (C=O) groups excluding carboxylic acids is 1. The summed E-state index contributed by atoms with van der Waals surface area (Å²) in [5.74, 6) is -0.626. The smallest absolute Gasteiger partial charge is 0.346 e. The maximum absolute atomic E-state index is 12.9. The van der Waals surface area contributed by atoms with E-state index in [0.717, 1.165) is 0 Å². The number of carbonyl (C=O) groups is 1. The molecule has 2 rings (SSSR count). The molecule has 0 unspecified atom stereocenters. The lowest BCUT2D eigenvalue weighted by molar-refractivity contribution is -0.141. The molecule has 0 radical (unpaired) electrons. The fraction of sp³-hybridized carbons (Fsp3) is 0.316. The number of alkyl halides is 3. The summed E-state index contributed by atoms with van der Waals surface area (Å²) in [5.41, 5.74) is 0.248. The Balaban J connectivity index is 2.52. The highest BCUT2D eigenvalue weighted by atomic mass is 19.4. The highest BCUT2D eigenvalue weighted by molar-refractivity contribution is 5.92. The third kappa shape index (κ3) is 3.96. The molecule has 0 heterocycles. The highest BCUT2D eigenvalue weighted by Gasteiger charge is 2.42. The molecular formula is C19H20F3NO. The average Bonchev–Trinajstić information content (AvgIpc) is 2.58. The van der Waals surface area contributed by atoms with Crippen LogP contribution in [-0.2, 0) is 10.2 Å². The van der Waals surface area contributed by atoms with Gasteiger partial charge in [0.05, 0.1) is 5.41 Å². The topological polar surface area (TPSA) is 29.1 Å². The Kier molecular flexibility index (Phi) is 5.65. The average molecular weight is 335 g/mol. The largest absolute Gasteiger partial charge is 0.405 e. The lowest BCUT2D eigenvalue weighted by Gasteiger charge is -2.33. The maximum Gasteiger partial charge on any atom is 0.405 e. The molecule has 1 amide bonds. The molecule has 2 nitrogen and oxygen atoms in total. The van der Waals surface area contributed by atoms with Crippen LogP contribution >= 0.6 is 0 Å². The lowest BCUT2D eigenvalue weighted by Crippen LogP contribution is -2.48. The van der Waals surface area contributed by atoms with Crippen LogP contribution in [0.1, 0.15) is 30.9 Å². The molecule has 0 atom stereocenters. The van der Waals surface area contributed by atoms with Crippen LogP contribution in [0.4, 0.5) is 13.2 Å². The van der Waals surface area contributed by atoms with Gasteiger partial charge in [0, 0.05) is 0 Å². The van der Waals surface area contributed by atoms with Crippen LogP contribution in [0.25, 0.3) is 0 Å². The number of hydrogen-bond acceptors (Lipinski definition) is 1. The summed E-state index contributed by atoms with van der Waals surface area (Å²) in [6, 6.07) is 18.0. The van der Waals surface area contributed by atoms with E-state index >= 15 is 0 Å². The van der Waals surface area contributed by atoms with E-state index in [4.69, 9.17) is 0 Å². The molecule has 5 heteroatoms. The van der Waals surface area contributed by atoms with E-state index in [1.165, 1.54) is 0 Å². The Bertz CT molecular complexity index is 614. The second-order valence-corrected chi connectivity index (χ2v) is 5.69. The van der Waals surface area contributed by atoms with E-state index in [1.807, 2.05) is 19.1 Å². The predicted octanol–water partition coefficient (Wildman–Crippen LogP) is 4.45. The fourth-order valence-corrected chi connectivity index (χ4v) is 2.98. The molecule has 0 fully saturated rings. The third-order valence-corrected chi connectivity index (χ3v) is 4.00. The standard InChI is InChI=1S/C19H20F3NO/c1-2-13-18(15-9-5-3-6-10-15,16-11-7-4-8-12-16)17(24)23-14-19(20,21)22/h3-12H,2,13-14H2,1H3,(H,23,24). The second kappa shape index (κ2) is 7.51. The summed E-state index contributed by atoms with van der Waals surface area (Å²) >= 11 is 0. The first-order chi connectivity index (χ1) is 11.4. The molecule has 0 spiro atoms. The van der Waals surface area contributed by atoms with Crippen LogP contribution in [0.3, 0.4) is 0 Å². The summed E-state index contributed by atoms with van der Waals surface area (Å²) < 4.78 is 37.7. The quantitative estimate of drug-likeness (QED) is 0.830. The van der Waals surface area contributed by atoms with E-state index < -0.39 is 24.0 Å². The van der Waals surface area contributed by atoms with Gasteiger partial charge >= 0.3 is 6.18 Å². The number of halogens is 3. The molecule has 2 aromatic carbocycles. The summed E-state index contributed by atoms with van der Waals surface area (Å²) in [4.78, 5) is 12.9. The highest BCUT2D eigenvalue weighted by Crippen LogP contribution is 2.37. The molecule has 1 N–H and O–H groups in total. The molecule has 24 heavy (non-hydrogen) atoms. The molecule has 0 aliphatic rings. The van der Waals surface area contributed by atoms with Gasteiger partial charge in [0.1, 0.15) is 6.54 Å². The maximum atomic E-state index is 12.9. The van der Waals surface area contributed by atoms with Gasteiger partial charge in [-0.3, -0.25) is 4.79 Å². The number of rotatable bonds is 6. The van der Waals surface area contributed by atoms with Gasteiger partial charge < -0.3 is 5.32 Å². The monoisotopic (exact) mass is 335 g/mol. The fourth-order valence-electron chi connectivity index (χ4n) is 2.98. The summed E-state index contributed by atoms with van der Waals surface area (Å²) in [6.45, 7) is 0.578. The first-order valence-electron chi connectivity index (χ1n) is 7.86. The Hall–Kier alpha value is -2.30. The Morgan fingerprint density at radius 1 is 0.917 bits per heavy atom. The van der Waals surface area contributed by atoms with Crippen LogP contribution in [0.2, 0.25) is 0 Å². The summed E-state index contributed by atoms with van der Waals surface area (Å²) in [7, 11) is 0. The van der Waals surface area contributed by atoms with Gasteiger partial charge in [0.15, 0.2) is 0 Å². The minimum atomic E-state index is -4.44. The normalized spacial score (nSPS) is 12.0. The SMILES string of the molecule is CCCC(C(=O)NCC(F)(F)F)(c1ccccc1)c1ccccc1. The first-order valence-corrected chi connectivity index (χ1v) is 7.86. The zero-order chi connectivity index (χ0) is 17.6. The molecule has 0 bridgehead atoms. The minimum Gasteiger partial charge on any atom is -0.346 e. The van der Waals surface area contributed by atoms with Gasteiger partial charge in [-0.05, 0) is 17.5 Å². The van der Waals surface area contributed by atoms with Gasteiger partial charge in [-0.25, -0.2) is 0 Å². The van der Waals surface area contributed by atoms with Crippen LogP contribution in [0.15, 0.2) is 60.7 Å². The van der Waals surface area contributed by atoms with E-state index in [0.29, 0.717) is 24.0 Å². The van der Waals surface area contributed by atoms with Crippen molar-refractivity contribution in [1.29, 1.82) is 0 Å². The number of hydrogen-bond donors (Lipinski definition) is 1. The summed E-state index contributed by atoms with van der Waals surface area (Å²) in [5, 5.41) is 2.08. The molecule has 0 saturated carbocycles. The predicted molar refractivity (Wildman–Crippen MR) is 87.6 cm³/mol. The number of nitrogens with one attached hydrogen (secondary N) is 1.